The van der Waals surface area contributed by atoms with Crippen LogP contribution in [0.3, 0.4) is 0 Å². The summed E-state index contributed by atoms with van der Waals surface area (Å²) in [5.41, 5.74) is 2.14. The summed E-state index contributed by atoms with van der Waals surface area (Å²) in [5, 5.41) is 0. The predicted octanol–water partition coefficient (Wildman–Crippen LogP) is 2.43. The van der Waals surface area contributed by atoms with E-state index < -0.39 is 0 Å². The normalized spacial score (nSPS) is 13.6. The van der Waals surface area contributed by atoms with Gasteiger partial charge in [0.05, 0.1) is 0 Å². The molecule has 1 aliphatic heterocycles. The summed E-state index contributed by atoms with van der Waals surface area (Å²) in [6.07, 6.45) is 2.63. The molecule has 1 aromatic carbocycles. The van der Waals surface area contributed by atoms with Crippen molar-refractivity contribution in [3.63, 3.8) is 0 Å². The first-order valence-corrected chi connectivity index (χ1v) is 5.88. The molecule has 5 heteroatoms. The van der Waals surface area contributed by atoms with Crippen LogP contribution in [0.5, 0.6) is 11.5 Å². The third kappa shape index (κ3) is 2.06. The number of para-hydroxylation sites is 1. The lowest BCUT2D eigenvalue weighted by molar-refractivity contribution is 0.170. The first kappa shape index (κ1) is 10.4. The van der Waals surface area contributed by atoms with Gasteiger partial charge in [-0.2, -0.15) is 0 Å². The van der Waals surface area contributed by atoms with Crippen LogP contribution in [0.25, 0.3) is 0 Å². The second kappa shape index (κ2) is 4.25. The largest absolute Gasteiger partial charge is 0.486 e. The number of hydrogen-bond donors (Lipinski definition) is 2. The van der Waals surface area contributed by atoms with Crippen LogP contribution in [0.1, 0.15) is 11.3 Å². The zero-order valence-corrected chi connectivity index (χ0v) is 9.97. The van der Waals surface area contributed by atoms with E-state index in [0.717, 1.165) is 29.2 Å². The third-order valence-corrected chi connectivity index (χ3v) is 2.90. The highest BCUT2D eigenvalue weighted by Gasteiger charge is 2.15. The quantitative estimate of drug-likeness (QED) is 0.802. The summed E-state index contributed by atoms with van der Waals surface area (Å²) >= 11 is 5.00. The monoisotopic (exact) mass is 248 g/mol. The molecule has 0 fully saturated rings. The minimum absolute atomic E-state index is 0.604. The van der Waals surface area contributed by atoms with Gasteiger partial charge in [-0.05, 0) is 18.3 Å². The van der Waals surface area contributed by atoms with E-state index in [1.807, 2.05) is 24.4 Å². The molecule has 2 aromatic rings. The molecular formula is C12H12N2O2S. The molecule has 2 N–H and O–H groups in total. The van der Waals surface area contributed by atoms with Gasteiger partial charge in [-0.15, -0.1) is 0 Å². The molecule has 0 amide bonds. The minimum Gasteiger partial charge on any atom is -0.486 e. The van der Waals surface area contributed by atoms with Gasteiger partial charge in [0.15, 0.2) is 16.3 Å². The number of hydrogen-bond acceptors (Lipinski definition) is 3. The third-order valence-electron chi connectivity index (χ3n) is 2.68. The molecule has 2 heterocycles. The maximum Gasteiger partial charge on any atom is 0.174 e. The topological polar surface area (TPSA) is 50.0 Å². The van der Waals surface area contributed by atoms with E-state index >= 15 is 0 Å². The van der Waals surface area contributed by atoms with Gasteiger partial charge < -0.3 is 19.4 Å². The number of H-pyrrole nitrogens is 2. The van der Waals surface area contributed by atoms with E-state index in [2.05, 4.69) is 9.97 Å². The standard InChI is InChI=1S/C12H12N2O2S/c17-12-13-7-9(14-12)6-8-2-1-3-10-11(8)16-5-4-15-10/h1-3,7H,4-6H2,(H2,13,14,17). The first-order valence-electron chi connectivity index (χ1n) is 5.47. The Kier molecular flexibility index (Phi) is 2.60. The number of benzene rings is 1. The Labute approximate surface area is 104 Å². The predicted molar refractivity (Wildman–Crippen MR) is 66.2 cm³/mol. The molecule has 3 rings (SSSR count). The van der Waals surface area contributed by atoms with Crippen LogP contribution in [-0.4, -0.2) is 23.2 Å². The van der Waals surface area contributed by atoms with E-state index in [1.54, 1.807) is 0 Å². The summed E-state index contributed by atoms with van der Waals surface area (Å²) in [6.45, 7) is 1.22. The van der Waals surface area contributed by atoms with Gasteiger partial charge in [0.1, 0.15) is 13.2 Å². The molecule has 1 aromatic heterocycles. The Bertz CT molecular complexity index is 588. The lowest BCUT2D eigenvalue weighted by atomic mass is 10.1. The number of rotatable bonds is 2. The van der Waals surface area contributed by atoms with Crippen LogP contribution in [0.2, 0.25) is 0 Å². The van der Waals surface area contributed by atoms with Crippen molar-refractivity contribution in [3.8, 4) is 11.5 Å². The Morgan fingerprint density at radius 3 is 2.94 bits per heavy atom. The summed E-state index contributed by atoms with van der Waals surface area (Å²) in [4.78, 5) is 6.05. The molecule has 4 nitrogen and oxygen atoms in total. The minimum atomic E-state index is 0.604. The molecule has 0 aliphatic carbocycles. The molecule has 1 aliphatic rings. The molecule has 0 bridgehead atoms. The van der Waals surface area contributed by atoms with Gasteiger partial charge in [0.2, 0.25) is 0 Å². The van der Waals surface area contributed by atoms with E-state index in [4.69, 9.17) is 21.7 Å². The van der Waals surface area contributed by atoms with Crippen molar-refractivity contribution in [2.24, 2.45) is 0 Å². The molecule has 0 atom stereocenters. The van der Waals surface area contributed by atoms with E-state index in [0.29, 0.717) is 18.0 Å². The fourth-order valence-electron chi connectivity index (χ4n) is 1.94. The molecule has 17 heavy (non-hydrogen) atoms. The summed E-state index contributed by atoms with van der Waals surface area (Å²) in [5.74, 6) is 1.67. The number of nitrogens with one attached hydrogen (secondary N) is 2. The van der Waals surface area contributed by atoms with Crippen LogP contribution in [0, 0.1) is 4.77 Å². The molecule has 88 valence electrons. The Morgan fingerprint density at radius 1 is 1.24 bits per heavy atom. The molecule has 0 spiro atoms. The van der Waals surface area contributed by atoms with Gasteiger partial charge >= 0.3 is 0 Å². The van der Waals surface area contributed by atoms with Crippen molar-refractivity contribution in [1.29, 1.82) is 0 Å². The van der Waals surface area contributed by atoms with Crippen LogP contribution in [0.4, 0.5) is 0 Å². The summed E-state index contributed by atoms with van der Waals surface area (Å²) in [7, 11) is 0. The fraction of sp³-hybridized carbons (Fsp3) is 0.250. The molecular weight excluding hydrogens is 236 g/mol. The molecule has 0 radical (unpaired) electrons. The Morgan fingerprint density at radius 2 is 2.12 bits per heavy atom. The Balaban J connectivity index is 1.95. The number of imidazole rings is 1. The zero-order valence-electron chi connectivity index (χ0n) is 9.16. The Hall–Kier alpha value is -1.75. The van der Waals surface area contributed by atoms with Gasteiger partial charge in [-0.1, -0.05) is 12.1 Å². The zero-order chi connectivity index (χ0) is 11.7. The van der Waals surface area contributed by atoms with Gasteiger partial charge in [0.25, 0.3) is 0 Å². The van der Waals surface area contributed by atoms with Crippen molar-refractivity contribution in [1.82, 2.24) is 9.97 Å². The lowest BCUT2D eigenvalue weighted by Gasteiger charge is -2.20. The number of ether oxygens (including phenoxy) is 2. The number of aromatic amines is 2. The van der Waals surface area contributed by atoms with E-state index in [1.165, 1.54) is 0 Å². The number of aromatic nitrogens is 2. The summed E-state index contributed by atoms with van der Waals surface area (Å²) in [6, 6.07) is 5.94. The highest BCUT2D eigenvalue weighted by atomic mass is 32.1. The molecule has 0 unspecified atom stereocenters. The second-order valence-electron chi connectivity index (χ2n) is 3.89. The van der Waals surface area contributed by atoms with Crippen molar-refractivity contribution in [2.45, 2.75) is 6.42 Å². The van der Waals surface area contributed by atoms with Crippen molar-refractivity contribution >= 4 is 12.2 Å². The average Bonchev–Trinajstić information content (AvgIpc) is 2.75. The van der Waals surface area contributed by atoms with E-state index in [9.17, 15) is 0 Å². The van der Waals surface area contributed by atoms with Crippen molar-refractivity contribution in [3.05, 3.63) is 40.4 Å². The molecule has 0 saturated heterocycles. The smallest absolute Gasteiger partial charge is 0.174 e. The van der Waals surface area contributed by atoms with Gasteiger partial charge in [-0.25, -0.2) is 0 Å². The SMILES string of the molecule is S=c1[nH]cc(Cc2cccc3c2OCCO3)[nH]1. The van der Waals surface area contributed by atoms with Crippen molar-refractivity contribution < 1.29 is 9.47 Å². The second-order valence-corrected chi connectivity index (χ2v) is 4.29. The van der Waals surface area contributed by atoms with Gasteiger partial charge in [0, 0.05) is 23.9 Å². The first-order chi connectivity index (χ1) is 8.33. The van der Waals surface area contributed by atoms with Crippen LogP contribution in [-0.2, 0) is 6.42 Å². The fourth-order valence-corrected chi connectivity index (χ4v) is 2.13. The number of fused-ring (bicyclic) bond motifs is 1. The average molecular weight is 248 g/mol. The highest BCUT2D eigenvalue weighted by molar-refractivity contribution is 7.71. The van der Waals surface area contributed by atoms with E-state index in [-0.39, 0.29) is 0 Å². The van der Waals surface area contributed by atoms with Crippen LogP contribution >= 0.6 is 12.2 Å². The van der Waals surface area contributed by atoms with Crippen LogP contribution in [0.15, 0.2) is 24.4 Å². The highest BCUT2D eigenvalue weighted by Crippen LogP contribution is 2.34. The summed E-state index contributed by atoms with van der Waals surface area (Å²) < 4.78 is 11.8. The van der Waals surface area contributed by atoms with Gasteiger partial charge in [-0.3, -0.25) is 0 Å². The molecule has 0 saturated carbocycles. The maximum atomic E-state index is 5.66. The lowest BCUT2D eigenvalue weighted by Crippen LogP contribution is -2.16. The van der Waals surface area contributed by atoms with Crippen LogP contribution < -0.4 is 9.47 Å². The maximum absolute atomic E-state index is 5.66. The van der Waals surface area contributed by atoms with Crippen molar-refractivity contribution in [2.75, 3.05) is 13.2 Å².